The van der Waals surface area contributed by atoms with Crippen molar-refractivity contribution in [1.82, 2.24) is 0 Å². The zero-order valence-corrected chi connectivity index (χ0v) is 13.6. The number of rotatable bonds is 0. The van der Waals surface area contributed by atoms with Crippen molar-refractivity contribution in [3.8, 4) is 0 Å². The topological polar surface area (TPSA) is 96.5 Å². The van der Waals surface area contributed by atoms with Crippen LogP contribution in [-0.4, -0.2) is 23.6 Å². The molecule has 2 aliphatic rings. The Hall–Kier alpha value is -0.785. The maximum Gasteiger partial charge on any atom is 2.00 e. The predicted molar refractivity (Wildman–Crippen MR) is 45.2 cm³/mol. The molecule has 4 amide bonds. The second-order valence-electron chi connectivity index (χ2n) is 2.80. The third-order valence-corrected chi connectivity index (χ3v) is 1.60. The summed E-state index contributed by atoms with van der Waals surface area (Å²) in [6.45, 7) is 0. The van der Waals surface area contributed by atoms with E-state index in [1.165, 1.54) is 0 Å². The van der Waals surface area contributed by atoms with Gasteiger partial charge in [-0.05, 0) is 25.7 Å². The van der Waals surface area contributed by atoms with Crippen molar-refractivity contribution in [2.75, 3.05) is 0 Å². The molecule has 6 nitrogen and oxygen atoms in total. The molecule has 0 N–H and O–H groups in total. The number of carbonyl (C=O) groups excluding carboxylic acids is 4. The van der Waals surface area contributed by atoms with Crippen molar-refractivity contribution in [3.05, 3.63) is 10.6 Å². The maximum absolute atomic E-state index is 10.1. The van der Waals surface area contributed by atoms with Gasteiger partial charge in [0.2, 0.25) is 0 Å². The van der Waals surface area contributed by atoms with Crippen molar-refractivity contribution >= 4 is 23.6 Å². The number of hydrogen-bond acceptors (Lipinski definition) is 4. The summed E-state index contributed by atoms with van der Waals surface area (Å²) in [4.78, 5) is 40.3. The van der Waals surface area contributed by atoms with Gasteiger partial charge in [0.05, 0.1) is 23.6 Å². The molecule has 0 saturated carbocycles. The van der Waals surface area contributed by atoms with Crippen LogP contribution >= 0.6 is 0 Å². The molecule has 7 heteroatoms. The van der Waals surface area contributed by atoms with E-state index in [4.69, 9.17) is 0 Å². The SMILES string of the molecule is O=C1CCC(=O)[N-]1.O=C1CCC(=O)[N-]1.[Hg+2]. The molecule has 0 bridgehead atoms. The van der Waals surface area contributed by atoms with Gasteiger partial charge in [-0.1, -0.05) is 0 Å². The first-order valence-corrected chi connectivity index (χ1v) is 4.13. The van der Waals surface area contributed by atoms with Gasteiger partial charge in [0.25, 0.3) is 0 Å². The molecule has 0 radical (unpaired) electrons. The van der Waals surface area contributed by atoms with Gasteiger partial charge in [0, 0.05) is 0 Å². The second kappa shape index (κ2) is 6.65. The van der Waals surface area contributed by atoms with Crippen molar-refractivity contribution in [1.29, 1.82) is 0 Å². The van der Waals surface area contributed by atoms with Crippen LogP contribution in [0.1, 0.15) is 25.7 Å². The molecule has 0 aliphatic carbocycles. The van der Waals surface area contributed by atoms with Crippen molar-refractivity contribution < 1.29 is 46.8 Å². The van der Waals surface area contributed by atoms with Gasteiger partial charge in [-0.25, -0.2) is 0 Å². The van der Waals surface area contributed by atoms with Crippen LogP contribution in [0.4, 0.5) is 0 Å². The number of carbonyl (C=O) groups is 4. The van der Waals surface area contributed by atoms with Crippen LogP contribution in [0, 0.1) is 0 Å². The van der Waals surface area contributed by atoms with E-state index in [-0.39, 0.29) is 51.3 Å². The van der Waals surface area contributed by atoms with Crippen LogP contribution in [0.25, 0.3) is 10.6 Å². The first-order chi connectivity index (χ1) is 6.58. The summed E-state index contributed by atoms with van der Waals surface area (Å²) in [7, 11) is 0. The maximum atomic E-state index is 10.1. The van der Waals surface area contributed by atoms with Crippen LogP contribution in [-0.2, 0) is 46.8 Å². The minimum Gasteiger partial charge on any atom is -0.596 e. The molecule has 2 aliphatic heterocycles. The number of imide groups is 2. The van der Waals surface area contributed by atoms with E-state index in [1.54, 1.807) is 0 Å². The first kappa shape index (κ1) is 14.2. The fourth-order valence-electron chi connectivity index (χ4n) is 0.930. The van der Waals surface area contributed by atoms with Gasteiger partial charge in [0.1, 0.15) is 0 Å². The van der Waals surface area contributed by atoms with Crippen LogP contribution in [0.15, 0.2) is 0 Å². The fourth-order valence-corrected chi connectivity index (χ4v) is 0.930. The number of nitrogens with zero attached hydrogens (tertiary/aromatic N) is 2. The second-order valence-corrected chi connectivity index (χ2v) is 2.80. The Morgan fingerprint density at radius 2 is 0.800 bits per heavy atom. The molecule has 2 saturated heterocycles. The van der Waals surface area contributed by atoms with Crippen molar-refractivity contribution in [2.45, 2.75) is 25.7 Å². The zero-order valence-electron chi connectivity index (χ0n) is 8.06. The Morgan fingerprint density at radius 1 is 0.600 bits per heavy atom. The number of amides is 4. The van der Waals surface area contributed by atoms with Crippen LogP contribution in [0.3, 0.4) is 0 Å². The fraction of sp³-hybridized carbons (Fsp3) is 0.500. The first-order valence-electron chi connectivity index (χ1n) is 4.13. The quantitative estimate of drug-likeness (QED) is 0.437. The summed E-state index contributed by atoms with van der Waals surface area (Å²) < 4.78 is 0. The minimum atomic E-state index is -0.273. The average Bonchev–Trinajstić information content (AvgIpc) is 2.63. The molecule has 0 aromatic rings. The Kier molecular flexibility index (Phi) is 6.31. The van der Waals surface area contributed by atoms with Crippen LogP contribution in [0.5, 0.6) is 0 Å². The van der Waals surface area contributed by atoms with Gasteiger partial charge in [-0.3, -0.25) is 0 Å². The summed E-state index contributed by atoms with van der Waals surface area (Å²) in [6.07, 6.45) is 1.27. The Balaban J connectivity index is 0.000000245. The molecule has 0 aromatic carbocycles. The van der Waals surface area contributed by atoms with E-state index in [9.17, 15) is 19.2 Å². The monoisotopic (exact) mass is 398 g/mol. The predicted octanol–water partition coefficient (Wildman–Crippen LogP) is 0.412. The third-order valence-electron chi connectivity index (χ3n) is 1.60. The minimum absolute atomic E-state index is 0. The van der Waals surface area contributed by atoms with E-state index in [1.807, 2.05) is 0 Å². The van der Waals surface area contributed by atoms with Crippen molar-refractivity contribution in [3.63, 3.8) is 0 Å². The van der Waals surface area contributed by atoms with E-state index in [0.717, 1.165) is 0 Å². The summed E-state index contributed by atoms with van der Waals surface area (Å²) in [5, 5.41) is 6.22. The summed E-state index contributed by atoms with van der Waals surface area (Å²) in [6, 6.07) is 0. The average molecular weight is 397 g/mol. The van der Waals surface area contributed by atoms with Gasteiger partial charge in [-0.2, -0.15) is 0 Å². The van der Waals surface area contributed by atoms with Gasteiger partial charge < -0.3 is 29.8 Å². The zero-order chi connectivity index (χ0) is 10.6. The van der Waals surface area contributed by atoms with E-state index >= 15 is 0 Å². The number of hydrogen-bond donors (Lipinski definition) is 0. The van der Waals surface area contributed by atoms with Crippen LogP contribution in [0.2, 0.25) is 0 Å². The van der Waals surface area contributed by atoms with Gasteiger partial charge >= 0.3 is 27.7 Å². The molecule has 15 heavy (non-hydrogen) atoms. The molecular formula is C8H8HgN2O4. The molecule has 0 spiro atoms. The molecule has 2 fully saturated rings. The summed E-state index contributed by atoms with van der Waals surface area (Å²) >= 11 is 0. The normalized spacial score (nSPS) is 18.7. The molecule has 0 aromatic heterocycles. The van der Waals surface area contributed by atoms with E-state index in [0.29, 0.717) is 25.7 Å². The Bertz CT molecular complexity index is 245. The molecule has 2 rings (SSSR count). The van der Waals surface area contributed by atoms with E-state index < -0.39 is 0 Å². The molecule has 2 heterocycles. The van der Waals surface area contributed by atoms with Gasteiger partial charge in [0.15, 0.2) is 0 Å². The van der Waals surface area contributed by atoms with Crippen LogP contribution < -0.4 is 0 Å². The largest absolute Gasteiger partial charge is 2.00 e. The molecule has 76 valence electrons. The third kappa shape index (κ3) is 5.61. The molecular weight excluding hydrogens is 389 g/mol. The standard InChI is InChI=1S/2C4H5NO2.Hg/c2*6-3-1-2-4(7)5-3;/h2*1-2H2,(H,5,6,7);/q;;+2/p-2. The van der Waals surface area contributed by atoms with E-state index in [2.05, 4.69) is 10.6 Å². The molecule has 0 unspecified atom stereocenters. The smallest absolute Gasteiger partial charge is 0.596 e. The Labute approximate surface area is 107 Å². The van der Waals surface area contributed by atoms with Gasteiger partial charge in [-0.15, -0.1) is 0 Å². The summed E-state index contributed by atoms with van der Waals surface area (Å²) in [5.41, 5.74) is 0. The van der Waals surface area contributed by atoms with Crippen molar-refractivity contribution in [2.24, 2.45) is 0 Å². The molecule has 0 atom stereocenters. The Morgan fingerprint density at radius 3 is 0.867 bits per heavy atom. The summed E-state index contributed by atoms with van der Waals surface area (Å²) in [5.74, 6) is -1.09.